The Morgan fingerprint density at radius 1 is 1.22 bits per heavy atom. The van der Waals surface area contributed by atoms with Crippen molar-refractivity contribution in [2.75, 3.05) is 26.2 Å². The minimum Gasteiger partial charge on any atom is -0.455 e. The fourth-order valence-corrected chi connectivity index (χ4v) is 3.95. The first-order valence-electron chi connectivity index (χ1n) is 9.09. The van der Waals surface area contributed by atoms with Crippen LogP contribution in [0.3, 0.4) is 0 Å². The van der Waals surface area contributed by atoms with Crippen LogP contribution in [0.25, 0.3) is 6.08 Å². The van der Waals surface area contributed by atoms with Gasteiger partial charge in [0.2, 0.25) is 10.0 Å². The standard InChI is InChI=1S/C19H26N2O5S/c1-2-11-20-18(22)15-26-19(23)17-8-12-21(13-9-17)27(24,25)14-10-16-6-4-3-5-7-16/h3-7,10,14,17H,2,8-9,11-13,15H2,1H3,(H,20,22)/b14-10+. The lowest BCUT2D eigenvalue weighted by molar-refractivity contribution is -0.153. The van der Waals surface area contributed by atoms with Gasteiger partial charge in [0.05, 0.1) is 5.92 Å². The number of benzene rings is 1. The molecule has 0 spiro atoms. The molecule has 0 atom stereocenters. The van der Waals surface area contributed by atoms with Gasteiger partial charge in [0.1, 0.15) is 0 Å². The van der Waals surface area contributed by atoms with Crippen molar-refractivity contribution in [2.45, 2.75) is 26.2 Å². The molecule has 1 aromatic carbocycles. The smallest absolute Gasteiger partial charge is 0.309 e. The van der Waals surface area contributed by atoms with Gasteiger partial charge in [0.15, 0.2) is 6.61 Å². The summed E-state index contributed by atoms with van der Waals surface area (Å²) in [6.45, 7) is 2.69. The highest BCUT2D eigenvalue weighted by Crippen LogP contribution is 2.22. The molecule has 1 fully saturated rings. The molecule has 7 nitrogen and oxygen atoms in total. The predicted octanol–water partition coefficient (Wildman–Crippen LogP) is 1.77. The van der Waals surface area contributed by atoms with Crippen LogP contribution in [0, 0.1) is 5.92 Å². The largest absolute Gasteiger partial charge is 0.455 e. The molecule has 27 heavy (non-hydrogen) atoms. The van der Waals surface area contributed by atoms with Crippen molar-refractivity contribution in [1.29, 1.82) is 0 Å². The zero-order valence-electron chi connectivity index (χ0n) is 15.5. The highest BCUT2D eigenvalue weighted by molar-refractivity contribution is 7.92. The van der Waals surface area contributed by atoms with E-state index in [4.69, 9.17) is 4.74 Å². The van der Waals surface area contributed by atoms with E-state index in [-0.39, 0.29) is 31.5 Å². The second-order valence-corrected chi connectivity index (χ2v) is 8.21. The monoisotopic (exact) mass is 394 g/mol. The maximum atomic E-state index is 12.4. The summed E-state index contributed by atoms with van der Waals surface area (Å²) in [5, 5.41) is 3.83. The van der Waals surface area contributed by atoms with E-state index < -0.39 is 16.0 Å². The van der Waals surface area contributed by atoms with Crippen molar-refractivity contribution in [2.24, 2.45) is 5.92 Å². The number of hydrogen-bond donors (Lipinski definition) is 1. The van der Waals surface area contributed by atoms with Gasteiger partial charge in [-0.3, -0.25) is 9.59 Å². The van der Waals surface area contributed by atoms with Crippen LogP contribution >= 0.6 is 0 Å². The van der Waals surface area contributed by atoms with Gasteiger partial charge in [-0.15, -0.1) is 0 Å². The SMILES string of the molecule is CCCNC(=O)COC(=O)C1CCN(S(=O)(=O)/C=C/c2ccccc2)CC1. The third-order valence-electron chi connectivity index (χ3n) is 4.30. The Morgan fingerprint density at radius 2 is 1.89 bits per heavy atom. The van der Waals surface area contributed by atoms with Gasteiger partial charge in [-0.25, -0.2) is 8.42 Å². The fourth-order valence-electron chi connectivity index (χ4n) is 2.73. The van der Waals surface area contributed by atoms with Gasteiger partial charge in [0, 0.05) is 25.0 Å². The van der Waals surface area contributed by atoms with Gasteiger partial charge in [0.25, 0.3) is 5.91 Å². The third kappa shape index (κ3) is 6.80. The van der Waals surface area contributed by atoms with Crippen LogP contribution in [0.1, 0.15) is 31.7 Å². The van der Waals surface area contributed by atoms with Crippen LogP contribution in [-0.4, -0.2) is 50.8 Å². The maximum Gasteiger partial charge on any atom is 0.309 e. The van der Waals surface area contributed by atoms with Gasteiger partial charge in [-0.2, -0.15) is 4.31 Å². The molecule has 8 heteroatoms. The Balaban J connectivity index is 1.81. The summed E-state index contributed by atoms with van der Waals surface area (Å²) >= 11 is 0. The number of hydrogen-bond acceptors (Lipinski definition) is 5. The summed E-state index contributed by atoms with van der Waals surface area (Å²) in [6, 6.07) is 9.19. The number of nitrogens with zero attached hydrogens (tertiary/aromatic N) is 1. The molecule has 1 aliphatic heterocycles. The molecular weight excluding hydrogens is 368 g/mol. The van der Waals surface area contributed by atoms with E-state index in [1.54, 1.807) is 6.08 Å². The first-order chi connectivity index (χ1) is 12.9. The molecule has 0 saturated carbocycles. The number of rotatable bonds is 8. The van der Waals surface area contributed by atoms with E-state index in [1.165, 1.54) is 9.71 Å². The number of sulfonamides is 1. The third-order valence-corrected chi connectivity index (χ3v) is 5.86. The van der Waals surface area contributed by atoms with E-state index in [0.717, 1.165) is 12.0 Å². The second-order valence-electron chi connectivity index (χ2n) is 6.39. The number of piperidine rings is 1. The minimum absolute atomic E-state index is 0.253. The lowest BCUT2D eigenvalue weighted by Gasteiger charge is -2.29. The van der Waals surface area contributed by atoms with Crippen molar-refractivity contribution >= 4 is 28.0 Å². The van der Waals surface area contributed by atoms with Crippen LogP contribution in [0.2, 0.25) is 0 Å². The molecule has 0 aromatic heterocycles. The molecule has 0 bridgehead atoms. The molecule has 2 rings (SSSR count). The highest BCUT2D eigenvalue weighted by Gasteiger charge is 2.31. The maximum absolute atomic E-state index is 12.4. The average Bonchev–Trinajstić information content (AvgIpc) is 2.70. The summed E-state index contributed by atoms with van der Waals surface area (Å²) in [7, 11) is -3.53. The molecular formula is C19H26N2O5S. The topological polar surface area (TPSA) is 92.8 Å². The first-order valence-corrected chi connectivity index (χ1v) is 10.6. The number of carbonyl (C=O) groups excluding carboxylic acids is 2. The van der Waals surface area contributed by atoms with Crippen molar-refractivity contribution in [3.63, 3.8) is 0 Å². The molecule has 1 aromatic rings. The summed E-state index contributed by atoms with van der Waals surface area (Å²) in [4.78, 5) is 23.5. The number of ether oxygens (including phenoxy) is 1. The lowest BCUT2D eigenvalue weighted by Crippen LogP contribution is -2.40. The van der Waals surface area contributed by atoms with E-state index >= 15 is 0 Å². The van der Waals surface area contributed by atoms with E-state index in [9.17, 15) is 18.0 Å². The Bertz CT molecular complexity index is 754. The Hall–Kier alpha value is -2.19. The van der Waals surface area contributed by atoms with Crippen LogP contribution in [-0.2, 0) is 24.3 Å². The van der Waals surface area contributed by atoms with Crippen LogP contribution in [0.15, 0.2) is 35.7 Å². The average molecular weight is 394 g/mol. The molecule has 1 amide bonds. The van der Waals surface area contributed by atoms with Gasteiger partial charge < -0.3 is 10.1 Å². The van der Waals surface area contributed by atoms with Crippen LogP contribution in [0.5, 0.6) is 0 Å². The van der Waals surface area contributed by atoms with Crippen LogP contribution in [0.4, 0.5) is 0 Å². The molecule has 0 unspecified atom stereocenters. The Kier molecular flexibility index (Phi) is 7.99. The Morgan fingerprint density at radius 3 is 2.52 bits per heavy atom. The summed E-state index contributed by atoms with van der Waals surface area (Å²) in [6.07, 6.45) is 3.14. The zero-order valence-corrected chi connectivity index (χ0v) is 16.3. The number of esters is 1. The first kappa shape index (κ1) is 21.1. The molecule has 1 N–H and O–H groups in total. The van der Waals surface area contributed by atoms with Crippen molar-refractivity contribution in [1.82, 2.24) is 9.62 Å². The summed E-state index contributed by atoms with van der Waals surface area (Å²) < 4.78 is 31.2. The minimum atomic E-state index is -3.53. The molecule has 1 saturated heterocycles. The van der Waals surface area contributed by atoms with E-state index in [2.05, 4.69) is 5.32 Å². The lowest BCUT2D eigenvalue weighted by atomic mass is 9.98. The molecule has 1 aliphatic rings. The van der Waals surface area contributed by atoms with Gasteiger partial charge in [-0.05, 0) is 30.9 Å². The zero-order chi connectivity index (χ0) is 19.7. The van der Waals surface area contributed by atoms with Gasteiger partial charge in [-0.1, -0.05) is 37.3 Å². The van der Waals surface area contributed by atoms with E-state index in [0.29, 0.717) is 19.4 Å². The van der Waals surface area contributed by atoms with Crippen molar-refractivity contribution in [3.8, 4) is 0 Å². The van der Waals surface area contributed by atoms with Crippen molar-refractivity contribution in [3.05, 3.63) is 41.3 Å². The summed E-state index contributed by atoms with van der Waals surface area (Å²) in [5.74, 6) is -1.15. The normalized spacial score (nSPS) is 16.3. The molecule has 148 valence electrons. The molecule has 0 radical (unpaired) electrons. The highest BCUT2D eigenvalue weighted by atomic mass is 32.2. The number of carbonyl (C=O) groups is 2. The van der Waals surface area contributed by atoms with Crippen LogP contribution < -0.4 is 5.32 Å². The molecule has 0 aliphatic carbocycles. The number of nitrogens with one attached hydrogen (secondary N) is 1. The Labute approximate surface area is 160 Å². The fraction of sp³-hybridized carbons (Fsp3) is 0.474. The number of amides is 1. The predicted molar refractivity (Wildman–Crippen MR) is 103 cm³/mol. The summed E-state index contributed by atoms with van der Waals surface area (Å²) in [5.41, 5.74) is 0.806. The second kappa shape index (κ2) is 10.2. The van der Waals surface area contributed by atoms with Gasteiger partial charge >= 0.3 is 5.97 Å². The molecule has 1 heterocycles. The van der Waals surface area contributed by atoms with E-state index in [1.807, 2.05) is 37.3 Å². The van der Waals surface area contributed by atoms with Crippen molar-refractivity contribution < 1.29 is 22.7 Å². The quantitative estimate of drug-likeness (QED) is 0.679.